The van der Waals surface area contributed by atoms with E-state index in [0.717, 1.165) is 52.8 Å². The number of pyridine rings is 1. The number of aryl methyl sites for hydroxylation is 1. The summed E-state index contributed by atoms with van der Waals surface area (Å²) >= 11 is 0. The smallest absolute Gasteiger partial charge is 0.253 e. The first-order valence-corrected chi connectivity index (χ1v) is 13.8. The molecule has 1 N–H and O–H groups in total. The van der Waals surface area contributed by atoms with Gasteiger partial charge in [0.15, 0.2) is 0 Å². The van der Waals surface area contributed by atoms with E-state index in [1.54, 1.807) is 12.7 Å². The molecular weight excluding hydrogens is 472 g/mol. The van der Waals surface area contributed by atoms with Crippen molar-refractivity contribution >= 4 is 16.9 Å². The van der Waals surface area contributed by atoms with Crippen molar-refractivity contribution in [1.82, 2.24) is 19.8 Å². The van der Waals surface area contributed by atoms with Crippen LogP contribution in [0.2, 0.25) is 0 Å². The Bertz CT molecular complexity index is 1520. The number of likely N-dealkylation sites (N-methyl/N-ethyl adjacent to an activating group) is 1. The molecule has 1 fully saturated rings. The summed E-state index contributed by atoms with van der Waals surface area (Å²) in [6, 6.07) is 15.1. The summed E-state index contributed by atoms with van der Waals surface area (Å²) in [5.74, 6) is 0.753. The molecule has 6 heteroatoms. The van der Waals surface area contributed by atoms with Gasteiger partial charge in [0.1, 0.15) is 5.65 Å². The summed E-state index contributed by atoms with van der Waals surface area (Å²) in [5, 5.41) is 1.10. The molecule has 1 aliphatic carbocycles. The second-order valence-electron chi connectivity index (χ2n) is 11.3. The van der Waals surface area contributed by atoms with Gasteiger partial charge in [-0.05, 0) is 90.7 Å². The lowest BCUT2D eigenvalue weighted by Gasteiger charge is -2.37. The Hall–Kier alpha value is -3.48. The molecule has 194 valence electrons. The van der Waals surface area contributed by atoms with Gasteiger partial charge in [0.25, 0.3) is 5.91 Å². The van der Waals surface area contributed by atoms with Gasteiger partial charge in [0.05, 0.1) is 6.10 Å². The minimum absolute atomic E-state index is 0.0724. The second-order valence-corrected chi connectivity index (χ2v) is 11.3. The highest BCUT2D eigenvalue weighted by atomic mass is 16.5. The Kier molecular flexibility index (Phi) is 5.82. The van der Waals surface area contributed by atoms with Crippen molar-refractivity contribution in [2.45, 2.75) is 44.2 Å². The zero-order valence-corrected chi connectivity index (χ0v) is 22.2. The molecule has 0 saturated carbocycles. The molecule has 1 amide bonds. The highest BCUT2D eigenvalue weighted by molar-refractivity contribution is 5.98. The first-order valence-electron chi connectivity index (χ1n) is 13.8. The molecule has 0 radical (unpaired) electrons. The number of hydrogen-bond acceptors (Lipinski definition) is 4. The van der Waals surface area contributed by atoms with E-state index in [-0.39, 0.29) is 12.0 Å². The van der Waals surface area contributed by atoms with Crippen LogP contribution in [0.25, 0.3) is 33.3 Å². The number of carbonyl (C=O) groups excluding carboxylic acids is 1. The van der Waals surface area contributed by atoms with Crippen molar-refractivity contribution in [2.75, 3.05) is 33.8 Å². The SMILES string of the molecule is CO[C@H]1CCN(C(=O)c2ccc(-c3c[nH]c4ncc(-c5cc6c7c(c5)CN(C)CC7CCC6)cc34)cc2)C1. The van der Waals surface area contributed by atoms with Gasteiger partial charge in [-0.1, -0.05) is 18.2 Å². The molecule has 0 spiro atoms. The molecule has 1 unspecified atom stereocenters. The fourth-order valence-electron chi connectivity index (χ4n) is 6.88. The fraction of sp³-hybridized carbons (Fsp3) is 0.375. The standard InChI is InChI=1S/C32H34N4O2/c1-35-17-23-5-3-4-22-12-24(13-26(18-35)30(22)23)25-14-28-29(16-34-31(28)33-15-25)20-6-8-21(9-7-20)32(37)36-11-10-27(19-36)38-2/h6-9,12-16,23,27H,3-5,10-11,17-19H2,1-2H3,(H,33,34)/t23?,27-/m0/s1. The Labute approximate surface area is 223 Å². The Balaban J connectivity index is 1.21. The zero-order chi connectivity index (χ0) is 25.8. The number of H-pyrrole nitrogens is 1. The number of likely N-dealkylation sites (tertiary alicyclic amines) is 1. The summed E-state index contributed by atoms with van der Waals surface area (Å²) in [5.41, 5.74) is 10.8. The van der Waals surface area contributed by atoms with E-state index in [1.165, 1.54) is 42.5 Å². The molecule has 6 nitrogen and oxygen atoms in total. The molecule has 2 aromatic carbocycles. The third-order valence-electron chi connectivity index (χ3n) is 8.80. The number of aromatic nitrogens is 2. The zero-order valence-electron chi connectivity index (χ0n) is 22.2. The highest BCUT2D eigenvalue weighted by Gasteiger charge is 2.29. The fourth-order valence-corrected chi connectivity index (χ4v) is 6.88. The van der Waals surface area contributed by atoms with Gasteiger partial charge in [-0.25, -0.2) is 4.98 Å². The number of hydrogen-bond donors (Lipinski definition) is 1. The van der Waals surface area contributed by atoms with Crippen LogP contribution in [0.4, 0.5) is 0 Å². The van der Waals surface area contributed by atoms with E-state index in [0.29, 0.717) is 12.5 Å². The maximum Gasteiger partial charge on any atom is 0.253 e. The largest absolute Gasteiger partial charge is 0.380 e. The molecule has 4 aromatic rings. The number of benzene rings is 2. The van der Waals surface area contributed by atoms with Crippen LogP contribution in [-0.2, 0) is 17.7 Å². The highest BCUT2D eigenvalue weighted by Crippen LogP contribution is 2.41. The Morgan fingerprint density at radius 3 is 2.68 bits per heavy atom. The van der Waals surface area contributed by atoms with Crippen LogP contribution in [0.1, 0.15) is 52.2 Å². The third kappa shape index (κ3) is 4.03. The number of methoxy groups -OCH3 is 1. The topological polar surface area (TPSA) is 61.5 Å². The van der Waals surface area contributed by atoms with E-state index < -0.39 is 0 Å². The maximum atomic E-state index is 13.0. The minimum Gasteiger partial charge on any atom is -0.380 e. The Morgan fingerprint density at radius 2 is 1.87 bits per heavy atom. The summed E-state index contributed by atoms with van der Waals surface area (Å²) in [6.45, 7) is 3.61. The van der Waals surface area contributed by atoms with Crippen LogP contribution in [0.3, 0.4) is 0 Å². The summed E-state index contributed by atoms with van der Waals surface area (Å²) < 4.78 is 5.42. The lowest BCUT2D eigenvalue weighted by atomic mass is 9.76. The average molecular weight is 507 g/mol. The van der Waals surface area contributed by atoms with Gasteiger partial charge in [-0.3, -0.25) is 4.79 Å². The van der Waals surface area contributed by atoms with Crippen molar-refractivity contribution in [3.63, 3.8) is 0 Å². The normalized spacial score (nSPS) is 21.2. The molecule has 2 aliphatic heterocycles. The number of rotatable bonds is 4. The van der Waals surface area contributed by atoms with Crippen LogP contribution in [0.5, 0.6) is 0 Å². The molecule has 3 aliphatic rings. The number of fused-ring (bicyclic) bond motifs is 1. The monoisotopic (exact) mass is 506 g/mol. The van der Waals surface area contributed by atoms with Crippen molar-refractivity contribution < 1.29 is 9.53 Å². The second kappa shape index (κ2) is 9.37. The van der Waals surface area contributed by atoms with E-state index in [2.05, 4.69) is 35.1 Å². The van der Waals surface area contributed by atoms with Crippen LogP contribution >= 0.6 is 0 Å². The maximum absolute atomic E-state index is 13.0. The summed E-state index contributed by atoms with van der Waals surface area (Å²) in [4.78, 5) is 25.5. The van der Waals surface area contributed by atoms with Crippen LogP contribution < -0.4 is 0 Å². The molecule has 0 bridgehead atoms. The molecule has 38 heavy (non-hydrogen) atoms. The van der Waals surface area contributed by atoms with E-state index in [4.69, 9.17) is 9.72 Å². The Morgan fingerprint density at radius 1 is 1.03 bits per heavy atom. The average Bonchev–Trinajstić information content (AvgIpc) is 3.60. The van der Waals surface area contributed by atoms with Gasteiger partial charge >= 0.3 is 0 Å². The van der Waals surface area contributed by atoms with E-state index in [9.17, 15) is 4.79 Å². The van der Waals surface area contributed by atoms with Crippen LogP contribution in [0, 0.1) is 0 Å². The van der Waals surface area contributed by atoms with Gasteiger partial charge in [0.2, 0.25) is 0 Å². The number of ether oxygens (including phenoxy) is 1. The number of carbonyl (C=O) groups is 1. The van der Waals surface area contributed by atoms with Crippen molar-refractivity contribution in [3.8, 4) is 22.3 Å². The van der Waals surface area contributed by atoms with Crippen LogP contribution in [-0.4, -0.2) is 65.6 Å². The van der Waals surface area contributed by atoms with Crippen molar-refractivity contribution in [3.05, 3.63) is 77.1 Å². The van der Waals surface area contributed by atoms with Crippen molar-refractivity contribution in [1.29, 1.82) is 0 Å². The minimum atomic E-state index is 0.0724. The molecule has 1 saturated heterocycles. The first-order chi connectivity index (χ1) is 18.6. The predicted octanol–water partition coefficient (Wildman–Crippen LogP) is 5.62. The molecule has 2 atom stereocenters. The summed E-state index contributed by atoms with van der Waals surface area (Å²) in [7, 11) is 3.95. The summed E-state index contributed by atoms with van der Waals surface area (Å²) in [6.07, 6.45) is 8.82. The lowest BCUT2D eigenvalue weighted by molar-refractivity contribution is 0.0724. The number of nitrogens with one attached hydrogen (secondary N) is 1. The molecule has 4 heterocycles. The number of amides is 1. The predicted molar refractivity (Wildman–Crippen MR) is 150 cm³/mol. The van der Waals surface area contributed by atoms with Crippen LogP contribution in [0.15, 0.2) is 54.9 Å². The first kappa shape index (κ1) is 23.6. The third-order valence-corrected chi connectivity index (χ3v) is 8.80. The van der Waals surface area contributed by atoms with Gasteiger partial charge in [-0.15, -0.1) is 0 Å². The lowest BCUT2D eigenvalue weighted by Crippen LogP contribution is -2.33. The van der Waals surface area contributed by atoms with Gasteiger partial charge in [-0.2, -0.15) is 0 Å². The molecule has 7 rings (SSSR count). The number of nitrogens with zero attached hydrogens (tertiary/aromatic N) is 3. The van der Waals surface area contributed by atoms with Gasteiger partial charge in [0, 0.05) is 67.8 Å². The van der Waals surface area contributed by atoms with Gasteiger partial charge < -0.3 is 19.5 Å². The molecular formula is C32H34N4O2. The quantitative estimate of drug-likeness (QED) is 0.390. The molecule has 2 aromatic heterocycles. The number of aromatic amines is 1. The van der Waals surface area contributed by atoms with E-state index in [1.807, 2.05) is 41.6 Å². The van der Waals surface area contributed by atoms with Crippen molar-refractivity contribution in [2.24, 2.45) is 0 Å². The van der Waals surface area contributed by atoms with E-state index >= 15 is 0 Å².